The van der Waals surface area contributed by atoms with Gasteiger partial charge in [0.05, 0.1) is 25.5 Å². The molecule has 6 nitrogen and oxygen atoms in total. The van der Waals surface area contributed by atoms with Crippen LogP contribution < -0.4 is 5.73 Å². The lowest BCUT2D eigenvalue weighted by molar-refractivity contribution is 0.106. The topological polar surface area (TPSA) is 78.3 Å². The Hall–Kier alpha value is -2.83. The van der Waals surface area contributed by atoms with Crippen molar-refractivity contribution in [2.45, 2.75) is 12.6 Å². The minimum Gasteiger partial charge on any atom is -0.375 e. The Labute approximate surface area is 138 Å². The number of aromatic nitrogens is 4. The van der Waals surface area contributed by atoms with Crippen LogP contribution in [0.5, 0.6) is 0 Å². The summed E-state index contributed by atoms with van der Waals surface area (Å²) in [4.78, 5) is 0. The van der Waals surface area contributed by atoms with Gasteiger partial charge in [-0.05, 0) is 5.56 Å². The number of nitrogens with zero attached hydrogens (tertiary/aromatic N) is 4. The van der Waals surface area contributed by atoms with Crippen molar-refractivity contribution in [1.82, 2.24) is 19.8 Å². The Kier molecular flexibility index (Phi) is 3.90. The summed E-state index contributed by atoms with van der Waals surface area (Å²) in [5, 5.41) is 14.9. The molecule has 0 aliphatic heterocycles. The smallest absolute Gasteiger partial charge is 0.185 e. The lowest BCUT2D eigenvalue weighted by Crippen LogP contribution is -2.20. The number of ether oxygens (including phenoxy) is 1. The third kappa shape index (κ3) is 2.73. The van der Waals surface area contributed by atoms with Gasteiger partial charge in [-0.2, -0.15) is 9.61 Å². The molecule has 0 fully saturated rings. The largest absolute Gasteiger partial charge is 0.375 e. The summed E-state index contributed by atoms with van der Waals surface area (Å²) in [6, 6.07) is 17.5. The molecule has 0 aliphatic carbocycles. The molecule has 4 aromatic rings. The fourth-order valence-corrected chi connectivity index (χ4v) is 2.69. The quantitative estimate of drug-likeness (QED) is 0.611. The second-order valence-electron chi connectivity index (χ2n) is 5.63. The van der Waals surface area contributed by atoms with E-state index in [0.717, 1.165) is 16.3 Å². The monoisotopic (exact) mass is 319 g/mol. The molecule has 0 bridgehead atoms. The molecule has 0 unspecified atom stereocenters. The summed E-state index contributed by atoms with van der Waals surface area (Å²) < 4.78 is 7.40. The molecule has 4 rings (SSSR count). The number of hydrogen-bond acceptors (Lipinski definition) is 5. The van der Waals surface area contributed by atoms with Crippen LogP contribution in [0.4, 0.5) is 0 Å². The van der Waals surface area contributed by atoms with Crippen LogP contribution in [0.2, 0.25) is 0 Å². The highest BCUT2D eigenvalue weighted by atomic mass is 16.5. The zero-order valence-corrected chi connectivity index (χ0v) is 13.0. The molecule has 0 saturated carbocycles. The van der Waals surface area contributed by atoms with Crippen LogP contribution in [0.25, 0.3) is 16.4 Å². The predicted octanol–water partition coefficient (Wildman–Crippen LogP) is 2.49. The van der Waals surface area contributed by atoms with Gasteiger partial charge in [0, 0.05) is 10.8 Å². The Balaban J connectivity index is 1.54. The lowest BCUT2D eigenvalue weighted by atomic mass is 10.2. The molecule has 24 heavy (non-hydrogen) atoms. The number of nitrogens with two attached hydrogens (primary N) is 1. The summed E-state index contributed by atoms with van der Waals surface area (Å²) in [7, 11) is 0. The van der Waals surface area contributed by atoms with E-state index >= 15 is 0 Å². The van der Waals surface area contributed by atoms with E-state index in [2.05, 4.69) is 15.3 Å². The minimum absolute atomic E-state index is 0.351. The fraction of sp³-hybridized carbons (Fsp3) is 0.167. The van der Waals surface area contributed by atoms with Gasteiger partial charge < -0.3 is 10.5 Å². The maximum atomic E-state index is 6.23. The number of fused-ring (bicyclic) bond motifs is 3. The lowest BCUT2D eigenvalue weighted by Gasteiger charge is -2.10. The van der Waals surface area contributed by atoms with E-state index < -0.39 is 6.04 Å². The Bertz CT molecular complexity index is 967. The van der Waals surface area contributed by atoms with E-state index in [-0.39, 0.29) is 0 Å². The molecule has 120 valence electrons. The molecule has 0 amide bonds. The van der Waals surface area contributed by atoms with Crippen molar-refractivity contribution in [3.05, 3.63) is 72.2 Å². The molecule has 2 aromatic heterocycles. The highest BCUT2D eigenvalue weighted by molar-refractivity contribution is 5.92. The zero-order valence-electron chi connectivity index (χ0n) is 13.0. The highest BCUT2D eigenvalue weighted by Gasteiger charge is 2.16. The average molecular weight is 319 g/mol. The third-order valence-corrected chi connectivity index (χ3v) is 3.92. The van der Waals surface area contributed by atoms with E-state index in [9.17, 15) is 0 Å². The van der Waals surface area contributed by atoms with Gasteiger partial charge in [-0.3, -0.25) is 0 Å². The first kappa shape index (κ1) is 14.7. The Morgan fingerprint density at radius 2 is 1.79 bits per heavy atom. The summed E-state index contributed by atoms with van der Waals surface area (Å²) in [5.41, 5.74) is 8.05. The molecular weight excluding hydrogens is 302 g/mol. The van der Waals surface area contributed by atoms with Crippen LogP contribution in [0.1, 0.15) is 17.4 Å². The number of rotatable bonds is 5. The Morgan fingerprint density at radius 1 is 1.00 bits per heavy atom. The van der Waals surface area contributed by atoms with Crippen molar-refractivity contribution < 1.29 is 4.74 Å². The highest BCUT2D eigenvalue weighted by Crippen LogP contribution is 2.19. The molecule has 0 aliphatic rings. The van der Waals surface area contributed by atoms with E-state index in [1.165, 1.54) is 0 Å². The van der Waals surface area contributed by atoms with Crippen molar-refractivity contribution in [1.29, 1.82) is 0 Å². The fourth-order valence-electron chi connectivity index (χ4n) is 2.69. The van der Waals surface area contributed by atoms with Crippen molar-refractivity contribution in [2.75, 3.05) is 6.61 Å². The molecule has 6 heteroatoms. The molecule has 2 aromatic carbocycles. The van der Waals surface area contributed by atoms with Crippen molar-refractivity contribution in [2.24, 2.45) is 5.73 Å². The average Bonchev–Trinajstić information content (AvgIpc) is 3.07. The van der Waals surface area contributed by atoms with Gasteiger partial charge in [-0.1, -0.05) is 54.6 Å². The maximum absolute atomic E-state index is 6.23. The molecule has 2 heterocycles. The first-order valence-corrected chi connectivity index (χ1v) is 7.79. The first-order valence-electron chi connectivity index (χ1n) is 7.79. The van der Waals surface area contributed by atoms with Crippen molar-refractivity contribution in [3.63, 3.8) is 0 Å². The maximum Gasteiger partial charge on any atom is 0.185 e. The van der Waals surface area contributed by atoms with Gasteiger partial charge in [-0.25, -0.2) is 0 Å². The number of hydrogen-bond donors (Lipinski definition) is 1. The third-order valence-electron chi connectivity index (χ3n) is 3.92. The second kappa shape index (κ2) is 6.35. The van der Waals surface area contributed by atoms with Crippen LogP contribution in [0.3, 0.4) is 0 Å². The van der Waals surface area contributed by atoms with Gasteiger partial charge in [-0.15, -0.1) is 10.2 Å². The van der Waals surface area contributed by atoms with Gasteiger partial charge in [0.1, 0.15) is 0 Å². The minimum atomic E-state index is -0.391. The van der Waals surface area contributed by atoms with Crippen LogP contribution in [-0.2, 0) is 11.3 Å². The molecule has 0 spiro atoms. The van der Waals surface area contributed by atoms with E-state index in [1.54, 1.807) is 10.7 Å². The van der Waals surface area contributed by atoms with Crippen LogP contribution in [0, 0.1) is 0 Å². The van der Waals surface area contributed by atoms with Crippen LogP contribution in [-0.4, -0.2) is 26.4 Å². The summed E-state index contributed by atoms with van der Waals surface area (Å²) in [6.07, 6.45) is 1.80. The van der Waals surface area contributed by atoms with Gasteiger partial charge in [0.15, 0.2) is 11.5 Å². The zero-order chi connectivity index (χ0) is 16.4. The van der Waals surface area contributed by atoms with Crippen molar-refractivity contribution >= 4 is 16.4 Å². The molecular formula is C18H17N5O. The SMILES string of the molecule is N[C@@H](COCc1ccccc1)c1nnc2c3ccccc3cnn12. The van der Waals surface area contributed by atoms with Crippen LogP contribution >= 0.6 is 0 Å². The normalized spacial score (nSPS) is 12.7. The molecule has 1 atom stereocenters. The van der Waals surface area contributed by atoms with E-state index in [0.29, 0.717) is 24.7 Å². The molecule has 2 N–H and O–H groups in total. The summed E-state index contributed by atoms with van der Waals surface area (Å²) >= 11 is 0. The number of benzene rings is 2. The standard InChI is InChI=1S/C18H17N5O/c19-16(12-24-11-13-6-2-1-3-7-13)18-22-21-17-15-9-5-4-8-14(15)10-20-23(17)18/h1-10,16H,11-12,19H2/t16-/m0/s1. The van der Waals surface area contributed by atoms with Gasteiger partial charge in [0.25, 0.3) is 0 Å². The predicted molar refractivity (Wildman–Crippen MR) is 91.3 cm³/mol. The summed E-state index contributed by atoms with van der Waals surface area (Å²) in [6.45, 7) is 0.867. The second-order valence-corrected chi connectivity index (χ2v) is 5.63. The summed E-state index contributed by atoms with van der Waals surface area (Å²) in [5.74, 6) is 0.601. The van der Waals surface area contributed by atoms with Gasteiger partial charge in [0.2, 0.25) is 0 Å². The first-order chi connectivity index (χ1) is 11.8. The Morgan fingerprint density at radius 3 is 2.67 bits per heavy atom. The van der Waals surface area contributed by atoms with E-state index in [4.69, 9.17) is 10.5 Å². The van der Waals surface area contributed by atoms with Crippen molar-refractivity contribution in [3.8, 4) is 0 Å². The van der Waals surface area contributed by atoms with E-state index in [1.807, 2.05) is 54.6 Å². The molecule has 0 saturated heterocycles. The van der Waals surface area contributed by atoms with Crippen LogP contribution in [0.15, 0.2) is 60.8 Å². The molecule has 0 radical (unpaired) electrons. The van der Waals surface area contributed by atoms with Gasteiger partial charge >= 0.3 is 0 Å².